The van der Waals surface area contributed by atoms with Crippen molar-refractivity contribution < 1.29 is 34.4 Å². The van der Waals surface area contributed by atoms with Crippen LogP contribution >= 0.6 is 22.6 Å². The number of ether oxygens (including phenoxy) is 2. The molecule has 0 aliphatic heterocycles. The number of rotatable bonds is 19. The summed E-state index contributed by atoms with van der Waals surface area (Å²) in [4.78, 5) is 29.3. The molecule has 1 saturated carbocycles. The van der Waals surface area contributed by atoms with E-state index in [2.05, 4.69) is 34.8 Å². The number of nitrogens with zero attached hydrogens (tertiary/aromatic N) is 1. The first-order valence-corrected chi connectivity index (χ1v) is 18.6. The summed E-state index contributed by atoms with van der Waals surface area (Å²) >= 11 is 2.11. The largest absolute Gasteiger partial charge is 0.493 e. The molecule has 3 atom stereocenters. The quantitative estimate of drug-likeness (QED) is 0.0755. The van der Waals surface area contributed by atoms with Gasteiger partial charge >= 0.3 is 0 Å². The lowest BCUT2D eigenvalue weighted by Gasteiger charge is -2.44. The van der Waals surface area contributed by atoms with Crippen LogP contribution in [0.5, 0.6) is 11.5 Å². The molecule has 0 saturated heterocycles. The molecular formula is C36H57IN2O7. The zero-order chi connectivity index (χ0) is 33.3. The van der Waals surface area contributed by atoms with Crippen LogP contribution in [0, 0.1) is 3.57 Å². The lowest BCUT2D eigenvalue weighted by Crippen LogP contribution is -2.58. The summed E-state index contributed by atoms with van der Waals surface area (Å²) in [6.07, 6.45) is 16.8. The second kappa shape index (κ2) is 21.2. The van der Waals surface area contributed by atoms with Gasteiger partial charge in [-0.25, -0.2) is 0 Å². The van der Waals surface area contributed by atoms with Gasteiger partial charge in [-0.15, -0.1) is 0 Å². The van der Waals surface area contributed by atoms with Crippen LogP contribution in [0.3, 0.4) is 0 Å². The maximum absolute atomic E-state index is 14.1. The van der Waals surface area contributed by atoms with Crippen molar-refractivity contribution in [2.75, 3.05) is 20.3 Å². The highest BCUT2D eigenvalue weighted by atomic mass is 127. The van der Waals surface area contributed by atoms with Gasteiger partial charge in [0.1, 0.15) is 12.2 Å². The Labute approximate surface area is 289 Å². The van der Waals surface area contributed by atoms with Gasteiger partial charge in [0, 0.05) is 31.0 Å². The minimum atomic E-state index is -1.08. The van der Waals surface area contributed by atoms with Crippen molar-refractivity contribution >= 4 is 34.4 Å². The van der Waals surface area contributed by atoms with E-state index in [1.807, 2.05) is 4.90 Å². The Bertz CT molecular complexity index is 1110. The zero-order valence-corrected chi connectivity index (χ0v) is 30.1. The Balaban J connectivity index is 1.85. The number of unbranched alkanes of at least 4 members (excludes halogenated alkanes) is 8. The van der Waals surface area contributed by atoms with Gasteiger partial charge in [0.2, 0.25) is 11.8 Å². The smallest absolute Gasteiger partial charge is 0.247 e. The fraction of sp³-hybridized carbons (Fsp3) is 0.722. The van der Waals surface area contributed by atoms with Crippen LogP contribution in [-0.4, -0.2) is 76.6 Å². The molecule has 1 fully saturated rings. The SMILES string of the molecule is CCCCCCCCCCCC(=O)N(C1CCCCCC1)C1CC(C(=O)NCCO)=CC(Oc2c(I)cc(CO)cc2OC)C1O. The number of aliphatic hydroxyl groups excluding tert-OH is 3. The molecule has 0 radical (unpaired) electrons. The van der Waals surface area contributed by atoms with Crippen molar-refractivity contribution in [3.05, 3.63) is 32.9 Å². The molecule has 1 aromatic rings. The summed E-state index contributed by atoms with van der Waals surface area (Å²) in [5.41, 5.74) is 1.08. The van der Waals surface area contributed by atoms with Crippen molar-refractivity contribution in [1.82, 2.24) is 10.2 Å². The Morgan fingerprint density at radius 3 is 2.24 bits per heavy atom. The molecule has 2 aliphatic carbocycles. The van der Waals surface area contributed by atoms with Crippen LogP contribution in [0.25, 0.3) is 0 Å². The van der Waals surface area contributed by atoms with Crippen molar-refractivity contribution in [2.45, 2.75) is 147 Å². The highest BCUT2D eigenvalue weighted by Crippen LogP contribution is 2.38. The van der Waals surface area contributed by atoms with E-state index >= 15 is 0 Å². The van der Waals surface area contributed by atoms with E-state index in [1.165, 1.54) is 45.6 Å². The topological polar surface area (TPSA) is 129 Å². The minimum Gasteiger partial charge on any atom is -0.493 e. The maximum atomic E-state index is 14.1. The van der Waals surface area contributed by atoms with Crippen LogP contribution < -0.4 is 14.8 Å². The van der Waals surface area contributed by atoms with Crippen LogP contribution in [0.4, 0.5) is 0 Å². The van der Waals surface area contributed by atoms with Gasteiger partial charge in [-0.3, -0.25) is 9.59 Å². The molecule has 46 heavy (non-hydrogen) atoms. The third-order valence-electron chi connectivity index (χ3n) is 9.30. The van der Waals surface area contributed by atoms with Crippen LogP contribution in [0.15, 0.2) is 23.8 Å². The van der Waals surface area contributed by atoms with E-state index in [0.717, 1.165) is 57.8 Å². The first-order chi connectivity index (χ1) is 22.3. The number of benzene rings is 1. The predicted octanol–water partition coefficient (Wildman–Crippen LogP) is 6.18. The van der Waals surface area contributed by atoms with Gasteiger partial charge in [-0.05, 0) is 65.6 Å². The van der Waals surface area contributed by atoms with E-state index in [1.54, 1.807) is 18.2 Å². The molecule has 0 bridgehead atoms. The highest BCUT2D eigenvalue weighted by Gasteiger charge is 2.43. The monoisotopic (exact) mass is 756 g/mol. The van der Waals surface area contributed by atoms with Gasteiger partial charge in [-0.2, -0.15) is 0 Å². The zero-order valence-electron chi connectivity index (χ0n) is 28.0. The summed E-state index contributed by atoms with van der Waals surface area (Å²) in [6, 6.07) is 2.83. The molecule has 3 unspecified atom stereocenters. The fourth-order valence-corrected chi connectivity index (χ4v) is 7.57. The lowest BCUT2D eigenvalue weighted by molar-refractivity contribution is -0.142. The highest BCUT2D eigenvalue weighted by molar-refractivity contribution is 14.1. The number of carbonyl (C=O) groups excluding carboxylic acids is 2. The third-order valence-corrected chi connectivity index (χ3v) is 10.1. The molecule has 10 heteroatoms. The Morgan fingerprint density at radius 1 is 0.978 bits per heavy atom. The van der Waals surface area contributed by atoms with Crippen molar-refractivity contribution in [3.63, 3.8) is 0 Å². The molecule has 4 N–H and O–H groups in total. The summed E-state index contributed by atoms with van der Waals surface area (Å²) < 4.78 is 12.7. The number of carbonyl (C=O) groups is 2. The minimum absolute atomic E-state index is 0.00720. The van der Waals surface area contributed by atoms with Crippen molar-refractivity contribution in [2.24, 2.45) is 0 Å². The predicted molar refractivity (Wildman–Crippen MR) is 189 cm³/mol. The van der Waals surface area contributed by atoms with Gasteiger partial charge < -0.3 is 35.0 Å². The second-order valence-electron chi connectivity index (χ2n) is 12.8. The van der Waals surface area contributed by atoms with Crippen molar-refractivity contribution in [3.8, 4) is 11.5 Å². The average Bonchev–Trinajstić information content (AvgIpc) is 3.34. The van der Waals surface area contributed by atoms with E-state index < -0.39 is 18.2 Å². The van der Waals surface area contributed by atoms with Crippen molar-refractivity contribution in [1.29, 1.82) is 0 Å². The van der Waals surface area contributed by atoms with Crippen LogP contribution in [-0.2, 0) is 16.2 Å². The van der Waals surface area contributed by atoms with Gasteiger partial charge in [-0.1, -0.05) is 84.0 Å². The Hall–Kier alpha value is -1.89. The van der Waals surface area contributed by atoms with E-state index in [9.17, 15) is 24.9 Å². The first kappa shape index (κ1) is 38.6. The number of methoxy groups -OCH3 is 1. The molecule has 9 nitrogen and oxygen atoms in total. The van der Waals surface area contributed by atoms with E-state index in [4.69, 9.17) is 9.47 Å². The first-order valence-electron chi connectivity index (χ1n) is 17.6. The average molecular weight is 757 g/mol. The molecule has 260 valence electrons. The number of amides is 2. The van der Waals surface area contributed by atoms with Crippen LogP contribution in [0.2, 0.25) is 0 Å². The summed E-state index contributed by atoms with van der Waals surface area (Å²) in [5, 5.41) is 33.7. The number of nitrogens with one attached hydrogen (secondary N) is 1. The Kier molecular flexibility index (Phi) is 17.7. The molecular weight excluding hydrogens is 699 g/mol. The standard InChI is InChI=1S/C36H57IN2O7/c1-3-4-5-6-7-8-9-10-15-18-33(42)39(28-16-13-11-12-14-17-28)30-23-27(36(44)38-19-20-40)24-31(34(30)43)46-35-29(37)21-26(25-41)22-32(35)45-2/h21-22,24,28,30-31,34,40-41,43H,3-20,23,25H2,1-2H3,(H,38,44). The maximum Gasteiger partial charge on any atom is 0.247 e. The molecule has 3 rings (SSSR count). The van der Waals surface area contributed by atoms with Gasteiger partial charge in [0.15, 0.2) is 11.5 Å². The normalized spacial score (nSPS) is 20.5. The number of hydrogen-bond donors (Lipinski definition) is 4. The Morgan fingerprint density at radius 2 is 1.63 bits per heavy atom. The molecule has 2 amide bonds. The number of aliphatic hydroxyl groups is 3. The molecule has 2 aliphatic rings. The number of hydrogen-bond acceptors (Lipinski definition) is 7. The molecule has 1 aromatic carbocycles. The molecule has 0 heterocycles. The fourth-order valence-electron chi connectivity index (χ4n) is 6.77. The summed E-state index contributed by atoms with van der Waals surface area (Å²) in [7, 11) is 1.52. The lowest BCUT2D eigenvalue weighted by atomic mass is 9.86. The van der Waals surface area contributed by atoms with Gasteiger partial charge in [0.05, 0.1) is 29.9 Å². The molecule has 0 spiro atoms. The van der Waals surface area contributed by atoms with Gasteiger partial charge in [0.25, 0.3) is 0 Å². The van der Waals surface area contributed by atoms with Crippen LogP contribution in [0.1, 0.15) is 122 Å². The molecule has 0 aromatic heterocycles. The third kappa shape index (κ3) is 11.7. The number of halogens is 1. The summed E-state index contributed by atoms with van der Waals surface area (Å²) in [5.74, 6) is 0.503. The van der Waals surface area contributed by atoms with E-state index in [-0.39, 0.29) is 44.0 Å². The summed E-state index contributed by atoms with van der Waals surface area (Å²) in [6.45, 7) is 1.98. The second-order valence-corrected chi connectivity index (χ2v) is 14.0. The van der Waals surface area contributed by atoms with E-state index in [0.29, 0.717) is 32.6 Å².